The summed E-state index contributed by atoms with van der Waals surface area (Å²) in [5, 5.41) is 10.7. The van der Waals surface area contributed by atoms with Crippen LogP contribution >= 0.6 is 15.6 Å². The number of hydrogen-bond donors (Lipinski definition) is 3. The Balaban J connectivity index is 5.32. The number of rotatable bonds is 83. The second-order valence-corrected chi connectivity index (χ2v) is 32.4. The fourth-order valence-corrected chi connectivity index (χ4v) is 14.1. The second-order valence-electron chi connectivity index (χ2n) is 29.5. The van der Waals surface area contributed by atoms with E-state index in [1.54, 1.807) is 0 Å². The van der Waals surface area contributed by atoms with E-state index in [4.69, 9.17) is 37.0 Å². The van der Waals surface area contributed by atoms with Crippen molar-refractivity contribution >= 4 is 39.5 Å². The summed E-state index contributed by atoms with van der Waals surface area (Å²) in [4.78, 5) is 73.2. The number of unbranched alkanes of at least 4 members (excludes halogenated alkanes) is 51. The quantitative estimate of drug-likeness (QED) is 0.0169. The van der Waals surface area contributed by atoms with Gasteiger partial charge in [0, 0.05) is 25.7 Å². The molecule has 19 heteroatoms. The average molecular weight is 1520 g/mol. The maximum atomic E-state index is 13.1. The van der Waals surface area contributed by atoms with Gasteiger partial charge < -0.3 is 33.8 Å². The minimum atomic E-state index is -4.97. The van der Waals surface area contributed by atoms with E-state index in [2.05, 4.69) is 64.2 Å². The van der Waals surface area contributed by atoms with E-state index in [9.17, 15) is 43.2 Å². The van der Waals surface area contributed by atoms with Crippen molar-refractivity contribution in [1.29, 1.82) is 0 Å². The number of allylic oxidation sites excluding steroid dienone is 6. The lowest BCUT2D eigenvalue weighted by atomic mass is 10.0. The van der Waals surface area contributed by atoms with Crippen molar-refractivity contribution in [3.8, 4) is 0 Å². The Morgan fingerprint density at radius 1 is 0.269 bits per heavy atom. The molecule has 0 amide bonds. The van der Waals surface area contributed by atoms with Gasteiger partial charge in [0.25, 0.3) is 0 Å². The van der Waals surface area contributed by atoms with E-state index in [1.165, 1.54) is 218 Å². The third-order valence-electron chi connectivity index (χ3n) is 19.1. The molecule has 0 bridgehead atoms. The zero-order valence-electron chi connectivity index (χ0n) is 67.2. The minimum absolute atomic E-state index is 0.0836. The van der Waals surface area contributed by atoms with E-state index in [0.29, 0.717) is 25.7 Å². The van der Waals surface area contributed by atoms with Crippen molar-refractivity contribution in [2.45, 2.75) is 444 Å². The van der Waals surface area contributed by atoms with Crippen molar-refractivity contribution in [2.75, 3.05) is 39.6 Å². The molecule has 0 spiro atoms. The van der Waals surface area contributed by atoms with Gasteiger partial charge in [0.05, 0.1) is 26.4 Å². The van der Waals surface area contributed by atoms with Crippen LogP contribution < -0.4 is 0 Å². The van der Waals surface area contributed by atoms with E-state index >= 15 is 0 Å². The van der Waals surface area contributed by atoms with Gasteiger partial charge in [-0.2, -0.15) is 0 Å². The van der Waals surface area contributed by atoms with Crippen LogP contribution in [0.2, 0.25) is 0 Å². The molecule has 0 aliphatic heterocycles. The van der Waals surface area contributed by atoms with Crippen LogP contribution in [0.1, 0.15) is 426 Å². The Hall–Kier alpha value is -2.72. The third-order valence-corrected chi connectivity index (χ3v) is 21.0. The fourth-order valence-electron chi connectivity index (χ4n) is 12.5. The molecule has 0 aliphatic carbocycles. The molecular weight excluding hydrogens is 1350 g/mol. The standard InChI is InChI=1S/C85H160O17P2/c1-5-9-13-17-21-25-29-33-37-39-43-46-50-54-58-62-66-70-83(88)96-76-81(102-85(90)72-68-64-60-56-52-48-44-40-38-34-30-26-22-18-14-10-6-2)78-100-104(93,94)98-74-79(86)73-97-103(91,92)99-77-80(101-84(89)71-67-63-59-55-51-47-42-36-32-28-24-20-16-12-8-4)75-95-82(87)69-65-61-57-53-49-45-41-35-31-27-23-19-15-11-7-3/h24,28,35-36,41-42,79-81,86H,5-23,25-27,29-34,37-40,43-78H2,1-4H3,(H,91,92)(H,93,94)/b28-24-,41-35-,42-36-/t79-,80-,81-/m1/s1. The Kier molecular flexibility index (Phi) is 76.4. The van der Waals surface area contributed by atoms with E-state index in [1.807, 2.05) is 0 Å². The number of aliphatic hydroxyl groups is 1. The van der Waals surface area contributed by atoms with E-state index in [-0.39, 0.29) is 25.7 Å². The number of esters is 4. The number of phosphoric ester groups is 2. The molecule has 2 unspecified atom stereocenters. The van der Waals surface area contributed by atoms with Gasteiger partial charge in [0.15, 0.2) is 12.2 Å². The lowest BCUT2D eigenvalue weighted by Crippen LogP contribution is -2.30. The lowest BCUT2D eigenvalue weighted by Gasteiger charge is -2.21. The zero-order valence-corrected chi connectivity index (χ0v) is 69.0. The molecule has 3 N–H and O–H groups in total. The first-order valence-corrected chi connectivity index (χ1v) is 46.2. The molecule has 0 fully saturated rings. The van der Waals surface area contributed by atoms with Gasteiger partial charge in [0.2, 0.25) is 0 Å². The summed E-state index contributed by atoms with van der Waals surface area (Å²) in [7, 11) is -9.94. The number of hydrogen-bond acceptors (Lipinski definition) is 15. The molecule has 5 atom stereocenters. The van der Waals surface area contributed by atoms with Crippen LogP contribution in [0.25, 0.3) is 0 Å². The predicted molar refractivity (Wildman–Crippen MR) is 428 cm³/mol. The predicted octanol–water partition coefficient (Wildman–Crippen LogP) is 25.5. The van der Waals surface area contributed by atoms with Crippen LogP contribution in [0.4, 0.5) is 0 Å². The van der Waals surface area contributed by atoms with E-state index in [0.717, 1.165) is 128 Å². The van der Waals surface area contributed by atoms with Crippen LogP contribution in [0.15, 0.2) is 36.5 Å². The monoisotopic (exact) mass is 1520 g/mol. The normalized spacial score (nSPS) is 14.0. The van der Waals surface area contributed by atoms with Crippen molar-refractivity contribution in [2.24, 2.45) is 0 Å². The number of ether oxygens (including phenoxy) is 4. The highest BCUT2D eigenvalue weighted by Crippen LogP contribution is 2.45. The smallest absolute Gasteiger partial charge is 0.462 e. The molecule has 0 aromatic rings. The summed E-state index contributed by atoms with van der Waals surface area (Å²) < 4.78 is 68.8. The molecule has 0 radical (unpaired) electrons. The maximum Gasteiger partial charge on any atom is 0.472 e. The Labute approximate surface area is 636 Å². The molecule has 0 heterocycles. The van der Waals surface area contributed by atoms with Crippen LogP contribution in [0, 0.1) is 0 Å². The van der Waals surface area contributed by atoms with Gasteiger partial charge in [0.1, 0.15) is 19.3 Å². The molecule has 0 rings (SSSR count). The summed E-state index contributed by atoms with van der Waals surface area (Å²) in [6.07, 6.45) is 76.7. The average Bonchev–Trinajstić information content (AvgIpc) is 0.999. The Bertz CT molecular complexity index is 2110. The summed E-state index contributed by atoms with van der Waals surface area (Å²) in [6, 6.07) is 0. The fraction of sp³-hybridized carbons (Fsp3) is 0.882. The lowest BCUT2D eigenvalue weighted by molar-refractivity contribution is -0.161. The molecule has 612 valence electrons. The summed E-state index contributed by atoms with van der Waals surface area (Å²) in [5.74, 6) is -2.14. The number of carbonyl (C=O) groups is 4. The molecule has 104 heavy (non-hydrogen) atoms. The molecule has 0 aromatic carbocycles. The Morgan fingerprint density at radius 3 is 0.740 bits per heavy atom. The number of carbonyl (C=O) groups excluding carboxylic acids is 4. The van der Waals surface area contributed by atoms with Crippen molar-refractivity contribution in [3.05, 3.63) is 36.5 Å². The SMILES string of the molecule is CCCCC/C=C\C/C=C\CCCCCCCC(=O)O[C@H](COC(=O)CCCCCCC/C=C\CCCCCCCC)COP(=O)(O)OC[C@@H](O)COP(=O)(O)OC[C@@H](COC(=O)CCCCCCCCCCCCCCCCCCC)OC(=O)CCCCCCCCCCCCCCCCCCC. The largest absolute Gasteiger partial charge is 0.472 e. The van der Waals surface area contributed by atoms with Crippen molar-refractivity contribution in [1.82, 2.24) is 0 Å². The first kappa shape index (κ1) is 101. The minimum Gasteiger partial charge on any atom is -0.462 e. The highest BCUT2D eigenvalue weighted by Gasteiger charge is 2.30. The number of aliphatic hydroxyl groups excluding tert-OH is 1. The van der Waals surface area contributed by atoms with E-state index < -0.39 is 97.5 Å². The zero-order chi connectivity index (χ0) is 76.0. The van der Waals surface area contributed by atoms with Crippen LogP contribution in [0.5, 0.6) is 0 Å². The van der Waals surface area contributed by atoms with Gasteiger partial charge in [-0.3, -0.25) is 37.3 Å². The number of phosphoric acid groups is 2. The maximum absolute atomic E-state index is 13.1. The molecule has 0 aliphatic rings. The molecule has 0 saturated carbocycles. The van der Waals surface area contributed by atoms with Crippen LogP contribution in [-0.2, 0) is 65.4 Å². The summed E-state index contributed by atoms with van der Waals surface area (Å²) in [5.41, 5.74) is 0. The van der Waals surface area contributed by atoms with Crippen molar-refractivity contribution in [3.63, 3.8) is 0 Å². The highest BCUT2D eigenvalue weighted by atomic mass is 31.2. The molecule has 0 saturated heterocycles. The first-order chi connectivity index (χ1) is 50.7. The van der Waals surface area contributed by atoms with Gasteiger partial charge in [-0.05, 0) is 83.5 Å². The van der Waals surface area contributed by atoms with Gasteiger partial charge in [-0.25, -0.2) is 9.13 Å². The van der Waals surface area contributed by atoms with Crippen molar-refractivity contribution < 1.29 is 80.2 Å². The Morgan fingerprint density at radius 2 is 0.471 bits per heavy atom. The molecule has 0 aromatic heterocycles. The summed E-state index contributed by atoms with van der Waals surface area (Å²) >= 11 is 0. The third kappa shape index (κ3) is 77.4. The van der Waals surface area contributed by atoms with Gasteiger partial charge >= 0.3 is 39.5 Å². The summed E-state index contributed by atoms with van der Waals surface area (Å²) in [6.45, 7) is 4.96. The highest BCUT2D eigenvalue weighted by molar-refractivity contribution is 7.47. The van der Waals surface area contributed by atoms with Crippen LogP contribution in [0.3, 0.4) is 0 Å². The molecular formula is C85H160O17P2. The first-order valence-electron chi connectivity index (χ1n) is 43.2. The molecule has 17 nitrogen and oxygen atoms in total. The van der Waals surface area contributed by atoms with Gasteiger partial charge in [-0.15, -0.1) is 0 Å². The second kappa shape index (κ2) is 78.4. The topological polar surface area (TPSA) is 237 Å². The van der Waals surface area contributed by atoms with Gasteiger partial charge in [-0.1, -0.05) is 353 Å². The van der Waals surface area contributed by atoms with Crippen LogP contribution in [-0.4, -0.2) is 96.7 Å².